The van der Waals surface area contributed by atoms with Crippen molar-refractivity contribution in [2.45, 2.75) is 46.3 Å². The van der Waals surface area contributed by atoms with Gasteiger partial charge in [0.2, 0.25) is 5.91 Å². The van der Waals surface area contributed by atoms with E-state index in [-0.39, 0.29) is 24.2 Å². The van der Waals surface area contributed by atoms with E-state index in [9.17, 15) is 4.79 Å². The molecule has 0 aliphatic rings. The van der Waals surface area contributed by atoms with E-state index in [0.29, 0.717) is 13.2 Å². The summed E-state index contributed by atoms with van der Waals surface area (Å²) < 4.78 is 10.5. The third-order valence-electron chi connectivity index (χ3n) is 2.11. The summed E-state index contributed by atoms with van der Waals surface area (Å²) >= 11 is 0. The molecule has 0 rings (SSSR count). The number of carbonyl (C=O) groups excluding carboxylic acids is 1. The standard InChI is InChI=1S/C12H25NO3/c1-10(2)13(7-8-15-6)11(14)9-16-12(3,4)5/h10H,7-9H2,1-6H3. The lowest BCUT2D eigenvalue weighted by Gasteiger charge is -2.28. The summed E-state index contributed by atoms with van der Waals surface area (Å²) in [5.41, 5.74) is -0.278. The molecule has 0 aliphatic carbocycles. The molecule has 4 nitrogen and oxygen atoms in total. The normalized spacial score (nSPS) is 11.9. The van der Waals surface area contributed by atoms with Gasteiger partial charge in [-0.1, -0.05) is 0 Å². The fourth-order valence-corrected chi connectivity index (χ4v) is 1.22. The van der Waals surface area contributed by atoms with Crippen LogP contribution in [0.4, 0.5) is 0 Å². The van der Waals surface area contributed by atoms with Crippen molar-refractivity contribution in [1.29, 1.82) is 0 Å². The highest BCUT2D eigenvalue weighted by Crippen LogP contribution is 2.08. The minimum absolute atomic E-state index is 0.0157. The maximum Gasteiger partial charge on any atom is 0.248 e. The molecular formula is C12H25NO3. The number of rotatable bonds is 6. The molecule has 0 saturated heterocycles. The van der Waals surface area contributed by atoms with Crippen LogP contribution < -0.4 is 0 Å². The second-order valence-electron chi connectivity index (χ2n) is 5.07. The first kappa shape index (κ1) is 15.4. The fraction of sp³-hybridized carbons (Fsp3) is 0.917. The van der Waals surface area contributed by atoms with Gasteiger partial charge in [0, 0.05) is 19.7 Å². The van der Waals surface area contributed by atoms with Crippen molar-refractivity contribution >= 4 is 5.91 Å². The van der Waals surface area contributed by atoms with Gasteiger partial charge in [-0.25, -0.2) is 0 Å². The molecule has 0 radical (unpaired) electrons. The fourth-order valence-electron chi connectivity index (χ4n) is 1.22. The highest BCUT2D eigenvalue weighted by molar-refractivity contribution is 5.77. The summed E-state index contributed by atoms with van der Waals surface area (Å²) in [6.45, 7) is 11.1. The lowest BCUT2D eigenvalue weighted by atomic mass is 10.2. The molecule has 0 aromatic heterocycles. The van der Waals surface area contributed by atoms with Crippen LogP contribution in [0.15, 0.2) is 0 Å². The number of amides is 1. The average Bonchev–Trinajstić information content (AvgIpc) is 2.13. The molecule has 0 saturated carbocycles. The SMILES string of the molecule is COCCN(C(=O)COC(C)(C)C)C(C)C. The van der Waals surface area contributed by atoms with Gasteiger partial charge in [0.1, 0.15) is 6.61 Å². The molecule has 96 valence electrons. The van der Waals surface area contributed by atoms with Gasteiger partial charge in [-0.3, -0.25) is 4.79 Å². The first-order valence-electron chi connectivity index (χ1n) is 5.70. The Morgan fingerprint density at radius 2 is 1.88 bits per heavy atom. The van der Waals surface area contributed by atoms with Crippen LogP contribution >= 0.6 is 0 Å². The lowest BCUT2D eigenvalue weighted by molar-refractivity contribution is -0.143. The third-order valence-corrected chi connectivity index (χ3v) is 2.11. The summed E-state index contributed by atoms with van der Waals surface area (Å²) in [4.78, 5) is 13.7. The van der Waals surface area contributed by atoms with E-state index in [1.807, 2.05) is 34.6 Å². The Balaban J connectivity index is 4.17. The molecular weight excluding hydrogens is 206 g/mol. The summed E-state index contributed by atoms with van der Waals surface area (Å²) in [6, 6.07) is 0.172. The van der Waals surface area contributed by atoms with Gasteiger partial charge in [0.15, 0.2) is 0 Å². The van der Waals surface area contributed by atoms with Crippen LogP contribution in [-0.2, 0) is 14.3 Å². The van der Waals surface area contributed by atoms with Gasteiger partial charge in [-0.15, -0.1) is 0 Å². The van der Waals surface area contributed by atoms with Crippen LogP contribution in [0, 0.1) is 0 Å². The maximum absolute atomic E-state index is 11.9. The van der Waals surface area contributed by atoms with Gasteiger partial charge in [-0.05, 0) is 34.6 Å². The van der Waals surface area contributed by atoms with Crippen LogP contribution in [0.25, 0.3) is 0 Å². The molecule has 0 bridgehead atoms. The predicted molar refractivity (Wildman–Crippen MR) is 64.4 cm³/mol. The minimum Gasteiger partial charge on any atom is -0.383 e. The minimum atomic E-state index is -0.278. The maximum atomic E-state index is 11.9. The number of nitrogens with zero attached hydrogens (tertiary/aromatic N) is 1. The van der Waals surface area contributed by atoms with Crippen LogP contribution in [0.5, 0.6) is 0 Å². The van der Waals surface area contributed by atoms with Crippen molar-refractivity contribution < 1.29 is 14.3 Å². The highest BCUT2D eigenvalue weighted by atomic mass is 16.5. The Bertz CT molecular complexity index is 209. The van der Waals surface area contributed by atoms with Crippen LogP contribution in [0.1, 0.15) is 34.6 Å². The quantitative estimate of drug-likeness (QED) is 0.698. The number of carbonyl (C=O) groups is 1. The van der Waals surface area contributed by atoms with Crippen molar-refractivity contribution in [3.63, 3.8) is 0 Å². The van der Waals surface area contributed by atoms with Gasteiger partial charge >= 0.3 is 0 Å². The van der Waals surface area contributed by atoms with Gasteiger partial charge < -0.3 is 14.4 Å². The van der Waals surface area contributed by atoms with E-state index < -0.39 is 0 Å². The molecule has 0 N–H and O–H groups in total. The zero-order valence-electron chi connectivity index (χ0n) is 11.4. The zero-order chi connectivity index (χ0) is 12.8. The Morgan fingerprint density at radius 3 is 2.25 bits per heavy atom. The molecule has 0 spiro atoms. The zero-order valence-corrected chi connectivity index (χ0v) is 11.4. The topological polar surface area (TPSA) is 38.8 Å². The molecule has 16 heavy (non-hydrogen) atoms. The summed E-state index contributed by atoms with van der Waals surface area (Å²) in [5, 5.41) is 0. The first-order chi connectivity index (χ1) is 7.28. The number of methoxy groups -OCH3 is 1. The number of ether oxygens (including phenoxy) is 2. The van der Waals surface area contributed by atoms with Crippen LogP contribution in [0.2, 0.25) is 0 Å². The predicted octanol–water partition coefficient (Wildman–Crippen LogP) is 1.68. The van der Waals surface area contributed by atoms with Crippen molar-refractivity contribution in [1.82, 2.24) is 4.90 Å². The lowest BCUT2D eigenvalue weighted by Crippen LogP contribution is -2.42. The summed E-state index contributed by atoms with van der Waals surface area (Å²) in [6.07, 6.45) is 0. The first-order valence-corrected chi connectivity index (χ1v) is 5.70. The van der Waals surface area contributed by atoms with Crippen LogP contribution in [-0.4, -0.2) is 49.3 Å². The van der Waals surface area contributed by atoms with E-state index in [1.165, 1.54) is 0 Å². The molecule has 4 heteroatoms. The Kier molecular flexibility index (Phi) is 6.60. The molecule has 0 heterocycles. The number of hydrogen-bond acceptors (Lipinski definition) is 3. The summed E-state index contributed by atoms with van der Waals surface area (Å²) in [5.74, 6) is 0.0157. The van der Waals surface area contributed by atoms with E-state index >= 15 is 0 Å². The Morgan fingerprint density at radius 1 is 1.31 bits per heavy atom. The monoisotopic (exact) mass is 231 g/mol. The molecule has 0 aromatic rings. The third kappa shape index (κ3) is 6.80. The van der Waals surface area contributed by atoms with Crippen molar-refractivity contribution in [3.05, 3.63) is 0 Å². The van der Waals surface area contributed by atoms with Gasteiger partial charge in [0.25, 0.3) is 0 Å². The molecule has 0 unspecified atom stereocenters. The average molecular weight is 231 g/mol. The second kappa shape index (κ2) is 6.86. The highest BCUT2D eigenvalue weighted by Gasteiger charge is 2.19. The molecule has 1 amide bonds. The van der Waals surface area contributed by atoms with Crippen molar-refractivity contribution in [2.24, 2.45) is 0 Å². The number of hydrogen-bond donors (Lipinski definition) is 0. The Labute approximate surface area is 98.9 Å². The van der Waals surface area contributed by atoms with E-state index in [2.05, 4.69) is 0 Å². The summed E-state index contributed by atoms with van der Waals surface area (Å²) in [7, 11) is 1.63. The van der Waals surface area contributed by atoms with Crippen LogP contribution in [0.3, 0.4) is 0 Å². The largest absolute Gasteiger partial charge is 0.383 e. The molecule has 0 fully saturated rings. The smallest absolute Gasteiger partial charge is 0.248 e. The second-order valence-corrected chi connectivity index (χ2v) is 5.07. The molecule has 0 aromatic carbocycles. The van der Waals surface area contributed by atoms with Gasteiger partial charge in [-0.2, -0.15) is 0 Å². The molecule has 0 atom stereocenters. The molecule has 0 aliphatic heterocycles. The Hall–Kier alpha value is -0.610. The van der Waals surface area contributed by atoms with Crippen molar-refractivity contribution in [3.8, 4) is 0 Å². The van der Waals surface area contributed by atoms with E-state index in [0.717, 1.165) is 0 Å². The van der Waals surface area contributed by atoms with E-state index in [4.69, 9.17) is 9.47 Å². The van der Waals surface area contributed by atoms with Gasteiger partial charge in [0.05, 0.1) is 12.2 Å². The van der Waals surface area contributed by atoms with E-state index in [1.54, 1.807) is 12.0 Å². The van der Waals surface area contributed by atoms with Crippen molar-refractivity contribution in [2.75, 3.05) is 26.9 Å².